The molecule has 7 heteroatoms. The summed E-state index contributed by atoms with van der Waals surface area (Å²) >= 11 is 0. The fourth-order valence-corrected chi connectivity index (χ4v) is 3.06. The van der Waals surface area contributed by atoms with Crippen LogP contribution in [0.5, 0.6) is 11.5 Å². The first-order chi connectivity index (χ1) is 13.5. The van der Waals surface area contributed by atoms with E-state index < -0.39 is 0 Å². The van der Waals surface area contributed by atoms with Crippen LogP contribution in [0.3, 0.4) is 0 Å². The summed E-state index contributed by atoms with van der Waals surface area (Å²) in [5.41, 5.74) is 1.05. The Hall–Kier alpha value is -3.09. The van der Waals surface area contributed by atoms with Crippen LogP contribution < -0.4 is 20.1 Å². The summed E-state index contributed by atoms with van der Waals surface area (Å²) in [4.78, 5) is 24.7. The van der Waals surface area contributed by atoms with Crippen LogP contribution in [0.25, 0.3) is 0 Å². The molecular weight excluding hydrogens is 363 g/mol. The van der Waals surface area contributed by atoms with Crippen LogP contribution in [0, 0.1) is 17.7 Å². The monoisotopic (exact) mass is 386 g/mol. The Morgan fingerprint density at radius 2 is 1.82 bits per heavy atom. The predicted molar refractivity (Wildman–Crippen MR) is 103 cm³/mol. The zero-order valence-corrected chi connectivity index (χ0v) is 15.8. The third-order valence-electron chi connectivity index (χ3n) is 4.78. The summed E-state index contributed by atoms with van der Waals surface area (Å²) in [6.45, 7) is 0.328. The molecule has 1 saturated carbocycles. The molecule has 148 valence electrons. The van der Waals surface area contributed by atoms with Gasteiger partial charge in [0.05, 0.1) is 31.7 Å². The number of nitrogens with one attached hydrogen (secondary N) is 2. The van der Waals surface area contributed by atoms with Crippen molar-refractivity contribution in [2.75, 3.05) is 26.1 Å². The Bertz CT molecular complexity index is 871. The van der Waals surface area contributed by atoms with Crippen LogP contribution in [-0.2, 0) is 16.0 Å². The number of benzene rings is 2. The Labute approximate surface area is 163 Å². The van der Waals surface area contributed by atoms with Crippen molar-refractivity contribution in [2.24, 2.45) is 11.8 Å². The molecule has 1 aliphatic rings. The van der Waals surface area contributed by atoms with Gasteiger partial charge in [-0.15, -0.1) is 0 Å². The molecule has 3 rings (SSSR count). The van der Waals surface area contributed by atoms with Crippen molar-refractivity contribution in [3.8, 4) is 11.5 Å². The molecular formula is C21H23FN2O4. The van der Waals surface area contributed by atoms with Crippen LogP contribution in [0.15, 0.2) is 42.5 Å². The minimum Gasteiger partial charge on any atom is -0.497 e. The van der Waals surface area contributed by atoms with Crippen molar-refractivity contribution in [2.45, 2.75) is 12.8 Å². The standard InChI is InChI=1S/C21H23FN2O4/c1-27-14-7-8-19(28-2)18(11-14)24-21(26)16-12-15(16)20(25)23-10-9-13-5-3-4-6-17(13)22/h3-8,11,15-16H,9-10,12H2,1-2H3,(H,23,25)(H,24,26). The molecule has 1 aliphatic carbocycles. The van der Waals surface area contributed by atoms with Crippen molar-refractivity contribution in [1.29, 1.82) is 0 Å². The SMILES string of the molecule is COc1ccc(OC)c(NC(=O)C2CC2C(=O)NCCc2ccccc2F)c1. The van der Waals surface area contributed by atoms with Gasteiger partial charge < -0.3 is 20.1 Å². The molecule has 2 atom stereocenters. The Kier molecular flexibility index (Phi) is 6.13. The highest BCUT2D eigenvalue weighted by atomic mass is 19.1. The number of hydrogen-bond acceptors (Lipinski definition) is 4. The van der Waals surface area contributed by atoms with Gasteiger partial charge in [0.2, 0.25) is 11.8 Å². The summed E-state index contributed by atoms with van der Waals surface area (Å²) in [5.74, 6) is -0.348. The van der Waals surface area contributed by atoms with Crippen LogP contribution in [-0.4, -0.2) is 32.6 Å². The van der Waals surface area contributed by atoms with Gasteiger partial charge in [-0.05, 0) is 36.6 Å². The number of methoxy groups -OCH3 is 2. The fourth-order valence-electron chi connectivity index (χ4n) is 3.06. The zero-order chi connectivity index (χ0) is 20.1. The lowest BCUT2D eigenvalue weighted by Crippen LogP contribution is -2.29. The quantitative estimate of drug-likeness (QED) is 0.732. The molecule has 0 aliphatic heterocycles. The molecule has 1 fully saturated rings. The predicted octanol–water partition coefficient (Wildman–Crippen LogP) is 2.78. The number of ether oxygens (including phenoxy) is 2. The van der Waals surface area contributed by atoms with E-state index in [4.69, 9.17) is 9.47 Å². The zero-order valence-electron chi connectivity index (χ0n) is 15.8. The van der Waals surface area contributed by atoms with Gasteiger partial charge in [0.25, 0.3) is 0 Å². The summed E-state index contributed by atoms with van der Waals surface area (Å²) in [6.07, 6.45) is 0.895. The Balaban J connectivity index is 1.50. The van der Waals surface area contributed by atoms with Crippen LogP contribution >= 0.6 is 0 Å². The number of hydrogen-bond donors (Lipinski definition) is 2. The van der Waals surface area contributed by atoms with Crippen LogP contribution in [0.2, 0.25) is 0 Å². The highest BCUT2D eigenvalue weighted by Crippen LogP contribution is 2.40. The third kappa shape index (κ3) is 4.60. The lowest BCUT2D eigenvalue weighted by Gasteiger charge is -2.11. The third-order valence-corrected chi connectivity index (χ3v) is 4.78. The minimum atomic E-state index is -0.385. The Morgan fingerprint density at radius 3 is 2.54 bits per heavy atom. The molecule has 28 heavy (non-hydrogen) atoms. The molecule has 0 spiro atoms. The molecule has 0 saturated heterocycles. The van der Waals surface area contributed by atoms with E-state index in [1.807, 2.05) is 0 Å². The average molecular weight is 386 g/mol. The summed E-state index contributed by atoms with van der Waals surface area (Å²) < 4.78 is 24.0. The second kappa shape index (κ2) is 8.73. The molecule has 0 aromatic heterocycles. The highest BCUT2D eigenvalue weighted by Gasteiger charge is 2.48. The maximum absolute atomic E-state index is 13.6. The maximum atomic E-state index is 13.6. The van der Waals surface area contributed by atoms with E-state index in [2.05, 4.69) is 10.6 Å². The molecule has 2 aromatic carbocycles. The summed E-state index contributed by atoms with van der Waals surface area (Å²) in [5, 5.41) is 5.58. The van der Waals surface area contributed by atoms with Crippen molar-refractivity contribution in [3.63, 3.8) is 0 Å². The minimum absolute atomic E-state index is 0.186. The van der Waals surface area contributed by atoms with Gasteiger partial charge in [-0.2, -0.15) is 0 Å². The summed E-state index contributed by atoms with van der Waals surface area (Å²) in [6, 6.07) is 11.6. The summed E-state index contributed by atoms with van der Waals surface area (Å²) in [7, 11) is 3.05. The van der Waals surface area contributed by atoms with Gasteiger partial charge in [-0.3, -0.25) is 9.59 Å². The van der Waals surface area contributed by atoms with E-state index in [0.29, 0.717) is 42.1 Å². The number of amides is 2. The van der Waals surface area contributed by atoms with Gasteiger partial charge in [0, 0.05) is 12.6 Å². The van der Waals surface area contributed by atoms with E-state index in [0.717, 1.165) is 0 Å². The van der Waals surface area contributed by atoms with E-state index in [1.54, 1.807) is 36.4 Å². The first-order valence-corrected chi connectivity index (χ1v) is 9.07. The van der Waals surface area contributed by atoms with Gasteiger partial charge in [-0.1, -0.05) is 18.2 Å². The second-order valence-electron chi connectivity index (χ2n) is 6.64. The van der Waals surface area contributed by atoms with E-state index in [1.165, 1.54) is 20.3 Å². The molecule has 2 aromatic rings. The number of carbonyl (C=O) groups excluding carboxylic acids is 2. The maximum Gasteiger partial charge on any atom is 0.228 e. The molecule has 0 heterocycles. The average Bonchev–Trinajstić information content (AvgIpc) is 3.50. The first-order valence-electron chi connectivity index (χ1n) is 9.07. The first kappa shape index (κ1) is 19.7. The van der Waals surface area contributed by atoms with Gasteiger partial charge in [0.1, 0.15) is 17.3 Å². The van der Waals surface area contributed by atoms with Gasteiger partial charge in [-0.25, -0.2) is 4.39 Å². The molecule has 2 amide bonds. The number of carbonyl (C=O) groups is 2. The normalized spacial score (nSPS) is 17.5. The Morgan fingerprint density at radius 1 is 1.07 bits per heavy atom. The lowest BCUT2D eigenvalue weighted by atomic mass is 10.1. The highest BCUT2D eigenvalue weighted by molar-refractivity contribution is 6.00. The van der Waals surface area contributed by atoms with E-state index in [-0.39, 0.29) is 29.5 Å². The van der Waals surface area contributed by atoms with Gasteiger partial charge >= 0.3 is 0 Å². The smallest absolute Gasteiger partial charge is 0.228 e. The fraction of sp³-hybridized carbons (Fsp3) is 0.333. The molecule has 6 nitrogen and oxygen atoms in total. The van der Waals surface area contributed by atoms with Crippen LogP contribution in [0.4, 0.5) is 10.1 Å². The van der Waals surface area contributed by atoms with Crippen molar-refractivity contribution in [1.82, 2.24) is 5.32 Å². The van der Waals surface area contributed by atoms with Crippen molar-refractivity contribution >= 4 is 17.5 Å². The molecule has 2 N–H and O–H groups in total. The second-order valence-corrected chi connectivity index (χ2v) is 6.64. The van der Waals surface area contributed by atoms with E-state index >= 15 is 0 Å². The molecule has 0 radical (unpaired) electrons. The number of halogens is 1. The largest absolute Gasteiger partial charge is 0.497 e. The van der Waals surface area contributed by atoms with E-state index in [9.17, 15) is 14.0 Å². The molecule has 0 bridgehead atoms. The van der Waals surface area contributed by atoms with Crippen LogP contribution in [0.1, 0.15) is 12.0 Å². The topological polar surface area (TPSA) is 76.7 Å². The lowest BCUT2D eigenvalue weighted by molar-refractivity contribution is -0.125. The van der Waals surface area contributed by atoms with Gasteiger partial charge in [0.15, 0.2) is 0 Å². The number of anilines is 1. The van der Waals surface area contributed by atoms with Crippen molar-refractivity contribution < 1.29 is 23.5 Å². The van der Waals surface area contributed by atoms with Crippen molar-refractivity contribution in [3.05, 3.63) is 53.8 Å². The number of rotatable bonds is 8. The molecule has 2 unspecified atom stereocenters.